The molecule has 1 heteroatoms. The summed E-state index contributed by atoms with van der Waals surface area (Å²) in [5, 5.41) is 1.57. The molecule has 0 atom stereocenters. The van der Waals surface area contributed by atoms with Crippen molar-refractivity contribution in [2.24, 2.45) is 0 Å². The van der Waals surface area contributed by atoms with Gasteiger partial charge in [-0.25, -0.2) is 0 Å². The minimum Gasteiger partial charge on any atom is -0.0772 e. The molecule has 0 aromatic rings. The van der Waals surface area contributed by atoms with E-state index >= 15 is 0 Å². The topological polar surface area (TPSA) is 0 Å². The molecule has 0 N–H and O–H groups in total. The maximum Gasteiger partial charge on any atom is 0.0772 e. The summed E-state index contributed by atoms with van der Waals surface area (Å²) in [6, 6.07) is 0. The van der Waals surface area contributed by atoms with E-state index in [4.69, 9.17) is 0 Å². The van der Waals surface area contributed by atoms with Crippen molar-refractivity contribution in [3.05, 3.63) is 29.3 Å². The van der Waals surface area contributed by atoms with Gasteiger partial charge in [0.05, 0.1) is 8.07 Å². The van der Waals surface area contributed by atoms with E-state index in [1.165, 1.54) is 5.57 Å². The van der Waals surface area contributed by atoms with Crippen LogP contribution in [-0.2, 0) is 0 Å². The lowest BCUT2D eigenvalue weighted by Gasteiger charge is -2.15. The quantitative estimate of drug-likeness (QED) is 0.505. The fraction of sp³-hybridized carbons (Fsp3) is 0.444. The summed E-state index contributed by atoms with van der Waals surface area (Å²) in [6.45, 7) is 9.29. The number of hydrogen-bond donors (Lipinski definition) is 0. The molecule has 10 heavy (non-hydrogen) atoms. The second-order valence-corrected chi connectivity index (χ2v) is 9.00. The molecule has 0 heterocycles. The highest BCUT2D eigenvalue weighted by molar-refractivity contribution is 6.83. The lowest BCUT2D eigenvalue weighted by Crippen LogP contribution is -2.21. The minimum absolute atomic E-state index is 1.01. The molecule has 0 aromatic heterocycles. The number of rotatable bonds is 1. The van der Waals surface area contributed by atoms with Gasteiger partial charge < -0.3 is 0 Å². The average Bonchev–Trinajstić information content (AvgIpc) is 2.11. The average molecular weight is 151 g/mol. The maximum absolute atomic E-state index is 2.38. The predicted octanol–water partition coefficient (Wildman–Crippen LogP) is 2.95. The first kappa shape index (κ1) is 7.80. The lowest BCUT2D eigenvalue weighted by molar-refractivity contribution is 1.49. The third-order valence-electron chi connectivity index (χ3n) is 1.77. The van der Waals surface area contributed by atoms with Gasteiger partial charge in [-0.15, -0.1) is 0 Å². The Morgan fingerprint density at radius 1 is 1.20 bits per heavy atom. The molecule has 0 nitrogen and oxygen atoms in total. The van der Waals surface area contributed by atoms with E-state index in [0.29, 0.717) is 0 Å². The Hall–Kier alpha value is -0.303. The van der Waals surface area contributed by atoms with Crippen molar-refractivity contribution in [3.8, 4) is 0 Å². The van der Waals surface area contributed by atoms with Gasteiger partial charge in [0.15, 0.2) is 0 Å². The summed E-state index contributed by atoms with van der Waals surface area (Å²) in [5.74, 6) is 0. The van der Waals surface area contributed by atoms with Gasteiger partial charge in [0, 0.05) is 6.42 Å². The van der Waals surface area contributed by atoms with Crippen LogP contribution in [-0.4, -0.2) is 8.07 Å². The van der Waals surface area contributed by atoms with Gasteiger partial charge in [-0.2, -0.15) is 0 Å². The monoisotopic (exact) mass is 151 g/mol. The molecule has 0 aliphatic heterocycles. The fourth-order valence-corrected chi connectivity index (χ4v) is 2.27. The van der Waals surface area contributed by atoms with Crippen molar-refractivity contribution in [2.45, 2.75) is 26.6 Å². The summed E-state index contributed by atoms with van der Waals surface area (Å²) in [4.78, 5) is 0. The van der Waals surface area contributed by atoms with Crippen LogP contribution in [0.25, 0.3) is 0 Å². The number of allylic oxidation sites excluding steroid dienone is 4. The van der Waals surface area contributed by atoms with E-state index in [2.05, 4.69) is 45.1 Å². The second kappa shape index (κ2) is 2.39. The molecule has 0 saturated heterocycles. The zero-order chi connectivity index (χ0) is 7.78. The second-order valence-electron chi connectivity index (χ2n) is 3.93. The van der Waals surface area contributed by atoms with E-state index in [9.17, 15) is 0 Å². The van der Waals surface area contributed by atoms with Crippen molar-refractivity contribution in [2.75, 3.05) is 0 Å². The Kier molecular flexibility index (Phi) is 1.86. The van der Waals surface area contributed by atoms with Gasteiger partial charge in [0.1, 0.15) is 0 Å². The zero-order valence-corrected chi connectivity index (χ0v) is 8.23. The minimum atomic E-state index is -1.01. The largest absolute Gasteiger partial charge is 0.0772 e. The highest BCUT2D eigenvalue weighted by Crippen LogP contribution is 2.24. The van der Waals surface area contributed by atoms with Crippen molar-refractivity contribution < 1.29 is 0 Å². The van der Waals surface area contributed by atoms with E-state index in [-0.39, 0.29) is 0 Å². The summed E-state index contributed by atoms with van der Waals surface area (Å²) in [7, 11) is -1.01. The molecule has 0 spiro atoms. The van der Waals surface area contributed by atoms with Gasteiger partial charge in [-0.3, -0.25) is 0 Å². The Balaban J connectivity index is 2.77. The van der Waals surface area contributed by atoms with Crippen molar-refractivity contribution in [3.63, 3.8) is 0 Å². The third kappa shape index (κ3) is 1.60. The van der Waals surface area contributed by atoms with Crippen LogP contribution in [0.2, 0.25) is 19.6 Å². The molecular weight excluding hydrogens is 136 g/mol. The van der Waals surface area contributed by atoms with Crippen molar-refractivity contribution in [1.82, 2.24) is 0 Å². The summed E-state index contributed by atoms with van der Waals surface area (Å²) in [5.41, 5.74) is 1.40. The van der Waals surface area contributed by atoms with Crippen molar-refractivity contribution >= 4 is 8.07 Å². The third-order valence-corrected chi connectivity index (χ3v) is 3.82. The lowest BCUT2D eigenvalue weighted by atomic mass is 10.3. The van der Waals surface area contributed by atoms with Crippen LogP contribution in [0.5, 0.6) is 0 Å². The molecule has 0 saturated carbocycles. The molecule has 0 aromatic carbocycles. The smallest absolute Gasteiger partial charge is 0.0772 e. The first-order valence-corrected chi connectivity index (χ1v) is 7.24. The molecular formula is C9H15Si. The van der Waals surface area contributed by atoms with Crippen LogP contribution in [0.1, 0.15) is 6.92 Å². The molecule has 1 rings (SSSR count). The van der Waals surface area contributed by atoms with Crippen molar-refractivity contribution in [1.29, 1.82) is 0 Å². The van der Waals surface area contributed by atoms with Gasteiger partial charge in [0.25, 0.3) is 0 Å². The van der Waals surface area contributed by atoms with Crippen LogP contribution in [0.3, 0.4) is 0 Å². The van der Waals surface area contributed by atoms with E-state index in [0.717, 1.165) is 0 Å². The molecule has 1 radical (unpaired) electrons. The van der Waals surface area contributed by atoms with E-state index in [1.54, 1.807) is 5.20 Å². The van der Waals surface area contributed by atoms with Gasteiger partial charge >= 0.3 is 0 Å². The maximum atomic E-state index is 2.38. The molecule has 1 aliphatic carbocycles. The van der Waals surface area contributed by atoms with Crippen LogP contribution in [0.4, 0.5) is 0 Å². The highest BCUT2D eigenvalue weighted by atomic mass is 28.3. The van der Waals surface area contributed by atoms with Crippen LogP contribution in [0.15, 0.2) is 22.9 Å². The van der Waals surface area contributed by atoms with Gasteiger partial charge in [0.2, 0.25) is 0 Å². The zero-order valence-electron chi connectivity index (χ0n) is 7.23. The van der Waals surface area contributed by atoms with Crippen LogP contribution in [0, 0.1) is 6.42 Å². The highest BCUT2D eigenvalue weighted by Gasteiger charge is 2.19. The number of hydrogen-bond acceptors (Lipinski definition) is 0. The first-order valence-electron chi connectivity index (χ1n) is 3.74. The Morgan fingerprint density at radius 2 is 1.80 bits per heavy atom. The molecule has 55 valence electrons. The fourth-order valence-electron chi connectivity index (χ4n) is 1.03. The Morgan fingerprint density at radius 3 is 2.00 bits per heavy atom. The normalized spacial score (nSPS) is 18.8. The van der Waals surface area contributed by atoms with Crippen LogP contribution < -0.4 is 0 Å². The SMILES string of the molecule is CC1=CC([Si](C)(C)C)=C[CH]1. The molecule has 0 unspecified atom stereocenters. The van der Waals surface area contributed by atoms with Gasteiger partial charge in [-0.05, 0) is 6.92 Å². The van der Waals surface area contributed by atoms with E-state index in [1.807, 2.05) is 0 Å². The van der Waals surface area contributed by atoms with Gasteiger partial charge in [-0.1, -0.05) is 42.6 Å². The molecule has 0 bridgehead atoms. The Labute approximate surface area is 64.7 Å². The Bertz CT molecular complexity index is 191. The standard InChI is InChI=1S/C9H15Si/c1-8-5-6-9(7-8)10(2,3)4/h5-7H,1-4H3. The molecule has 0 fully saturated rings. The summed E-state index contributed by atoms with van der Waals surface area (Å²) >= 11 is 0. The van der Waals surface area contributed by atoms with Crippen LogP contribution >= 0.6 is 0 Å². The summed E-state index contributed by atoms with van der Waals surface area (Å²) in [6.07, 6.45) is 6.78. The van der Waals surface area contributed by atoms with E-state index < -0.39 is 8.07 Å². The summed E-state index contributed by atoms with van der Waals surface area (Å²) < 4.78 is 0. The predicted molar refractivity (Wildman–Crippen MR) is 49.5 cm³/mol. The molecule has 1 aliphatic rings. The molecule has 0 amide bonds. The first-order chi connectivity index (χ1) is 4.50.